The molecule has 2 aromatic rings. The fraction of sp³-hybridized carbons (Fsp3) is 0.375. The van der Waals surface area contributed by atoms with Gasteiger partial charge >= 0.3 is 0 Å². The highest BCUT2D eigenvalue weighted by Crippen LogP contribution is 2.35. The van der Waals surface area contributed by atoms with Crippen molar-refractivity contribution >= 4 is 10.8 Å². The third-order valence-corrected chi connectivity index (χ3v) is 3.78. The summed E-state index contributed by atoms with van der Waals surface area (Å²) in [5.74, 6) is 0. The summed E-state index contributed by atoms with van der Waals surface area (Å²) in [6, 6.07) is 13.9. The van der Waals surface area contributed by atoms with Crippen molar-refractivity contribution in [1.82, 2.24) is 5.32 Å². The Kier molecular flexibility index (Phi) is 2.86. The number of fused-ring (bicyclic) bond motifs is 3. The van der Waals surface area contributed by atoms with E-state index in [4.69, 9.17) is 0 Å². The number of rotatable bonds is 3. The van der Waals surface area contributed by atoms with Gasteiger partial charge in [0.2, 0.25) is 0 Å². The highest BCUT2D eigenvalue weighted by Gasteiger charge is 2.22. The van der Waals surface area contributed by atoms with Crippen LogP contribution in [0, 0.1) is 0 Å². The van der Waals surface area contributed by atoms with E-state index in [1.165, 1.54) is 35.6 Å². The molecule has 1 heteroatoms. The molecule has 0 heterocycles. The SMILES string of the molecule is CCCNC1CCc2c1ccc1ccccc21. The fourth-order valence-electron chi connectivity index (χ4n) is 2.93. The first kappa shape index (κ1) is 10.8. The van der Waals surface area contributed by atoms with Crippen LogP contribution in [0.25, 0.3) is 10.8 Å². The molecule has 3 rings (SSSR count). The number of hydrogen-bond acceptors (Lipinski definition) is 1. The van der Waals surface area contributed by atoms with E-state index in [1.807, 2.05) is 0 Å². The molecule has 0 spiro atoms. The zero-order valence-corrected chi connectivity index (χ0v) is 10.4. The first-order chi connectivity index (χ1) is 8.40. The lowest BCUT2D eigenvalue weighted by atomic mass is 10.00. The predicted molar refractivity (Wildman–Crippen MR) is 73.3 cm³/mol. The third kappa shape index (κ3) is 1.85. The van der Waals surface area contributed by atoms with Crippen LogP contribution in [0.4, 0.5) is 0 Å². The van der Waals surface area contributed by atoms with Crippen molar-refractivity contribution < 1.29 is 0 Å². The van der Waals surface area contributed by atoms with Crippen molar-refractivity contribution in [3.05, 3.63) is 47.5 Å². The topological polar surface area (TPSA) is 12.0 Å². The molecule has 17 heavy (non-hydrogen) atoms. The minimum absolute atomic E-state index is 0.578. The van der Waals surface area contributed by atoms with E-state index in [-0.39, 0.29) is 0 Å². The third-order valence-electron chi connectivity index (χ3n) is 3.78. The van der Waals surface area contributed by atoms with Gasteiger partial charge in [0.05, 0.1) is 0 Å². The lowest BCUT2D eigenvalue weighted by Crippen LogP contribution is -2.19. The van der Waals surface area contributed by atoms with Gasteiger partial charge in [-0.1, -0.05) is 43.3 Å². The molecule has 1 aliphatic rings. The van der Waals surface area contributed by atoms with E-state index in [9.17, 15) is 0 Å². The smallest absolute Gasteiger partial charge is 0.0326 e. The molecule has 0 amide bonds. The van der Waals surface area contributed by atoms with Crippen LogP contribution in [0.2, 0.25) is 0 Å². The Morgan fingerprint density at radius 3 is 2.94 bits per heavy atom. The second-order valence-electron chi connectivity index (χ2n) is 4.90. The molecule has 1 atom stereocenters. The molecule has 0 radical (unpaired) electrons. The first-order valence-corrected chi connectivity index (χ1v) is 6.64. The summed E-state index contributed by atoms with van der Waals surface area (Å²) in [5, 5.41) is 6.48. The van der Waals surface area contributed by atoms with Crippen LogP contribution < -0.4 is 5.32 Å². The lowest BCUT2D eigenvalue weighted by Gasteiger charge is -2.13. The number of hydrogen-bond donors (Lipinski definition) is 1. The molecule has 1 aliphatic carbocycles. The van der Waals surface area contributed by atoms with E-state index < -0.39 is 0 Å². The highest BCUT2D eigenvalue weighted by atomic mass is 14.9. The number of nitrogens with one attached hydrogen (secondary N) is 1. The summed E-state index contributed by atoms with van der Waals surface area (Å²) >= 11 is 0. The van der Waals surface area contributed by atoms with Gasteiger partial charge in [0.1, 0.15) is 0 Å². The Bertz CT molecular complexity index is 530. The van der Waals surface area contributed by atoms with Crippen molar-refractivity contribution in [2.75, 3.05) is 6.54 Å². The Labute approximate surface area is 103 Å². The summed E-state index contributed by atoms with van der Waals surface area (Å²) in [6.07, 6.45) is 3.68. The molecule has 1 unspecified atom stereocenters. The van der Waals surface area contributed by atoms with Gasteiger partial charge in [0.25, 0.3) is 0 Å². The van der Waals surface area contributed by atoms with Gasteiger partial charge in [0, 0.05) is 6.04 Å². The van der Waals surface area contributed by atoms with Gasteiger partial charge in [-0.3, -0.25) is 0 Å². The Morgan fingerprint density at radius 1 is 1.18 bits per heavy atom. The molecule has 0 saturated carbocycles. The molecule has 0 aromatic heterocycles. The highest BCUT2D eigenvalue weighted by molar-refractivity contribution is 5.87. The second-order valence-corrected chi connectivity index (χ2v) is 4.90. The zero-order chi connectivity index (χ0) is 11.7. The largest absolute Gasteiger partial charge is 0.310 e. The summed E-state index contributed by atoms with van der Waals surface area (Å²) in [4.78, 5) is 0. The molecule has 1 N–H and O–H groups in total. The van der Waals surface area contributed by atoms with Crippen LogP contribution in [-0.2, 0) is 6.42 Å². The normalized spacial score (nSPS) is 18.5. The van der Waals surface area contributed by atoms with Crippen LogP contribution in [0.3, 0.4) is 0 Å². The van der Waals surface area contributed by atoms with Gasteiger partial charge in [-0.2, -0.15) is 0 Å². The molecule has 0 aliphatic heterocycles. The van der Waals surface area contributed by atoms with Crippen molar-refractivity contribution in [2.24, 2.45) is 0 Å². The van der Waals surface area contributed by atoms with E-state index >= 15 is 0 Å². The van der Waals surface area contributed by atoms with Gasteiger partial charge < -0.3 is 5.32 Å². The average Bonchev–Trinajstić information content (AvgIpc) is 2.80. The lowest BCUT2D eigenvalue weighted by molar-refractivity contribution is 0.529. The summed E-state index contributed by atoms with van der Waals surface area (Å²) in [5.41, 5.74) is 3.09. The van der Waals surface area contributed by atoms with E-state index in [0.29, 0.717) is 6.04 Å². The van der Waals surface area contributed by atoms with E-state index in [1.54, 1.807) is 5.56 Å². The number of aryl methyl sites for hydroxylation is 1. The van der Waals surface area contributed by atoms with Gasteiger partial charge in [-0.25, -0.2) is 0 Å². The summed E-state index contributed by atoms with van der Waals surface area (Å²) in [6.45, 7) is 3.35. The molecule has 0 fully saturated rings. The van der Waals surface area contributed by atoms with Crippen molar-refractivity contribution in [3.63, 3.8) is 0 Å². The van der Waals surface area contributed by atoms with Crippen LogP contribution in [0.1, 0.15) is 36.9 Å². The minimum Gasteiger partial charge on any atom is -0.310 e. The molecule has 0 bridgehead atoms. The molecule has 88 valence electrons. The quantitative estimate of drug-likeness (QED) is 0.837. The van der Waals surface area contributed by atoms with Crippen molar-refractivity contribution in [2.45, 2.75) is 32.2 Å². The summed E-state index contributed by atoms with van der Waals surface area (Å²) in [7, 11) is 0. The standard InChI is InChI=1S/C16H19N/c1-2-11-17-16-10-9-14-13-6-4-3-5-12(13)7-8-15(14)16/h3-8,16-17H,2,9-11H2,1H3. The van der Waals surface area contributed by atoms with Gasteiger partial charge in [0.15, 0.2) is 0 Å². The maximum atomic E-state index is 3.65. The Morgan fingerprint density at radius 2 is 2.06 bits per heavy atom. The van der Waals surface area contributed by atoms with Crippen molar-refractivity contribution in [3.8, 4) is 0 Å². The second kappa shape index (κ2) is 4.50. The predicted octanol–water partition coefficient (Wildman–Crippen LogP) is 3.83. The molecule has 0 saturated heterocycles. The van der Waals surface area contributed by atoms with Gasteiger partial charge in [-0.05, 0) is 47.7 Å². The fourth-order valence-corrected chi connectivity index (χ4v) is 2.93. The Hall–Kier alpha value is -1.34. The van der Waals surface area contributed by atoms with Crippen LogP contribution in [0.15, 0.2) is 36.4 Å². The Balaban J connectivity index is 2.02. The summed E-state index contributed by atoms with van der Waals surface area (Å²) < 4.78 is 0. The van der Waals surface area contributed by atoms with Crippen LogP contribution in [-0.4, -0.2) is 6.54 Å². The minimum atomic E-state index is 0.578. The molecular weight excluding hydrogens is 206 g/mol. The maximum Gasteiger partial charge on any atom is 0.0326 e. The van der Waals surface area contributed by atoms with E-state index in [0.717, 1.165) is 6.54 Å². The maximum absolute atomic E-state index is 3.65. The van der Waals surface area contributed by atoms with Crippen LogP contribution >= 0.6 is 0 Å². The van der Waals surface area contributed by atoms with E-state index in [2.05, 4.69) is 48.6 Å². The molecular formula is C16H19N. The monoisotopic (exact) mass is 225 g/mol. The zero-order valence-electron chi connectivity index (χ0n) is 10.4. The number of benzene rings is 2. The molecule has 2 aromatic carbocycles. The molecule has 1 nitrogen and oxygen atoms in total. The average molecular weight is 225 g/mol. The van der Waals surface area contributed by atoms with Crippen molar-refractivity contribution in [1.29, 1.82) is 0 Å². The first-order valence-electron chi connectivity index (χ1n) is 6.64. The van der Waals surface area contributed by atoms with Gasteiger partial charge in [-0.15, -0.1) is 0 Å². The van der Waals surface area contributed by atoms with Crippen LogP contribution in [0.5, 0.6) is 0 Å².